The lowest BCUT2D eigenvalue weighted by molar-refractivity contribution is -0.138. The van der Waals surface area contributed by atoms with Crippen molar-refractivity contribution >= 4 is 12.1 Å². The van der Waals surface area contributed by atoms with Crippen molar-refractivity contribution < 1.29 is 19.4 Å². The van der Waals surface area contributed by atoms with Gasteiger partial charge in [0.15, 0.2) is 12.1 Å². The number of hydrogen-bond acceptors (Lipinski definition) is 6. The number of ketones is 1. The third kappa shape index (κ3) is 2.61. The molecule has 1 aliphatic carbocycles. The van der Waals surface area contributed by atoms with Crippen LogP contribution < -0.4 is 10.1 Å². The Morgan fingerprint density at radius 2 is 2.08 bits per heavy atom. The molecule has 130 valence electrons. The lowest BCUT2D eigenvalue weighted by Gasteiger charge is -2.50. The number of ether oxygens (including phenoxy) is 1. The van der Waals surface area contributed by atoms with Crippen LogP contribution in [0.1, 0.15) is 50.8 Å². The van der Waals surface area contributed by atoms with E-state index in [4.69, 9.17) is 4.74 Å². The molecule has 0 aromatic heterocycles. The molecule has 0 fully saturated rings. The van der Waals surface area contributed by atoms with Crippen molar-refractivity contribution in [2.75, 3.05) is 0 Å². The van der Waals surface area contributed by atoms with Crippen LogP contribution in [-0.2, 0) is 9.59 Å². The van der Waals surface area contributed by atoms with Gasteiger partial charge < -0.3 is 15.2 Å². The number of nitrogens with one attached hydrogen (secondary N) is 1. The summed E-state index contributed by atoms with van der Waals surface area (Å²) in [4.78, 5) is 23.1. The zero-order chi connectivity index (χ0) is 18.4. The number of Topliss-reactive ketones (excluding diaryl/α,β-unsaturated/α-hetero) is 1. The van der Waals surface area contributed by atoms with Crippen LogP contribution in [0, 0.1) is 11.3 Å². The van der Waals surface area contributed by atoms with E-state index in [9.17, 15) is 20.0 Å². The maximum Gasteiger partial charge on any atom is 0.168 e. The van der Waals surface area contributed by atoms with Gasteiger partial charge in [0.1, 0.15) is 17.0 Å². The van der Waals surface area contributed by atoms with Gasteiger partial charge in [0, 0.05) is 17.7 Å². The van der Waals surface area contributed by atoms with Gasteiger partial charge in [-0.25, -0.2) is 0 Å². The molecule has 0 radical (unpaired) electrons. The fraction of sp³-hybridized carbons (Fsp3) is 0.421. The Labute approximate surface area is 146 Å². The highest BCUT2D eigenvalue weighted by molar-refractivity contribution is 6.14. The van der Waals surface area contributed by atoms with E-state index in [0.29, 0.717) is 35.3 Å². The molecule has 0 saturated carbocycles. The van der Waals surface area contributed by atoms with Gasteiger partial charge in [-0.3, -0.25) is 9.59 Å². The van der Waals surface area contributed by atoms with Crippen LogP contribution in [0.25, 0.3) is 0 Å². The molecule has 2 N–H and O–H groups in total. The Bertz CT molecular complexity index is 830. The van der Waals surface area contributed by atoms with Gasteiger partial charge in [0.25, 0.3) is 0 Å². The number of carbonyl (C=O) groups is 2. The van der Waals surface area contributed by atoms with Crippen molar-refractivity contribution in [1.29, 1.82) is 5.26 Å². The average molecular weight is 340 g/mol. The Hall–Kier alpha value is -2.65. The molecule has 3 rings (SSSR count). The molecule has 2 unspecified atom stereocenters. The lowest BCUT2D eigenvalue weighted by atomic mass is 9.75. The minimum absolute atomic E-state index is 0.123. The SMILES string of the molecule is CC1(C)Oc2ccc(C#N)cc2C(NC2=C(C=O)C(=O)CC2)C1(C)O. The van der Waals surface area contributed by atoms with Crippen LogP contribution in [0.2, 0.25) is 0 Å². The van der Waals surface area contributed by atoms with E-state index >= 15 is 0 Å². The molecule has 6 heteroatoms. The highest BCUT2D eigenvalue weighted by Gasteiger charge is 2.53. The van der Waals surface area contributed by atoms with Gasteiger partial charge in [-0.2, -0.15) is 5.26 Å². The summed E-state index contributed by atoms with van der Waals surface area (Å²) in [7, 11) is 0. The molecule has 2 aliphatic rings. The highest BCUT2D eigenvalue weighted by Crippen LogP contribution is 2.47. The van der Waals surface area contributed by atoms with Crippen molar-refractivity contribution in [2.45, 2.75) is 50.9 Å². The predicted octanol–water partition coefficient (Wildman–Crippen LogP) is 1.93. The average Bonchev–Trinajstić information content (AvgIpc) is 2.91. The largest absolute Gasteiger partial charge is 0.484 e. The molecule has 0 spiro atoms. The molecule has 1 aliphatic heterocycles. The molecule has 0 amide bonds. The number of aldehydes is 1. The molecule has 2 atom stereocenters. The van der Waals surface area contributed by atoms with Gasteiger partial charge in [0.2, 0.25) is 0 Å². The fourth-order valence-electron chi connectivity index (χ4n) is 3.32. The highest BCUT2D eigenvalue weighted by atomic mass is 16.5. The summed E-state index contributed by atoms with van der Waals surface area (Å²) in [5.41, 5.74) is -0.552. The van der Waals surface area contributed by atoms with E-state index in [0.717, 1.165) is 0 Å². The van der Waals surface area contributed by atoms with Crippen molar-refractivity contribution in [3.05, 3.63) is 40.6 Å². The number of nitriles is 1. The first-order valence-electron chi connectivity index (χ1n) is 8.15. The van der Waals surface area contributed by atoms with E-state index in [-0.39, 0.29) is 17.8 Å². The van der Waals surface area contributed by atoms with E-state index in [1.807, 2.05) is 0 Å². The molecule has 25 heavy (non-hydrogen) atoms. The normalized spacial score (nSPS) is 27.3. The molecule has 6 nitrogen and oxygen atoms in total. The number of aliphatic hydroxyl groups is 1. The minimum atomic E-state index is -1.35. The second-order valence-corrected chi connectivity index (χ2v) is 7.13. The van der Waals surface area contributed by atoms with E-state index < -0.39 is 17.2 Å². The topological polar surface area (TPSA) is 99.4 Å². The van der Waals surface area contributed by atoms with Crippen LogP contribution in [0.15, 0.2) is 29.5 Å². The quantitative estimate of drug-likeness (QED) is 0.644. The maximum absolute atomic E-state index is 11.8. The summed E-state index contributed by atoms with van der Waals surface area (Å²) in [5.74, 6) is 0.361. The van der Waals surface area contributed by atoms with Gasteiger partial charge in [-0.15, -0.1) is 0 Å². The van der Waals surface area contributed by atoms with Crippen LogP contribution in [0.3, 0.4) is 0 Å². The zero-order valence-corrected chi connectivity index (χ0v) is 14.4. The van der Waals surface area contributed by atoms with Crippen LogP contribution in [-0.4, -0.2) is 28.4 Å². The van der Waals surface area contributed by atoms with Crippen molar-refractivity contribution in [3.63, 3.8) is 0 Å². The Morgan fingerprint density at radius 3 is 2.72 bits per heavy atom. The molecule has 1 aromatic rings. The Morgan fingerprint density at radius 1 is 1.36 bits per heavy atom. The minimum Gasteiger partial charge on any atom is -0.484 e. The number of allylic oxidation sites excluding steroid dienone is 2. The number of carbonyl (C=O) groups excluding carboxylic acids is 2. The van der Waals surface area contributed by atoms with E-state index in [1.54, 1.807) is 39.0 Å². The third-order valence-corrected chi connectivity index (χ3v) is 5.26. The second-order valence-electron chi connectivity index (χ2n) is 7.13. The van der Waals surface area contributed by atoms with Crippen LogP contribution >= 0.6 is 0 Å². The summed E-state index contributed by atoms with van der Waals surface area (Å²) in [6, 6.07) is 6.47. The van der Waals surface area contributed by atoms with E-state index in [1.165, 1.54) is 0 Å². The lowest BCUT2D eigenvalue weighted by Crippen LogP contribution is -2.61. The first-order valence-corrected chi connectivity index (χ1v) is 8.15. The predicted molar refractivity (Wildman–Crippen MR) is 89.7 cm³/mol. The standard InChI is InChI=1S/C19H20N2O4/c1-18(2)19(3,24)17(21-14-5-6-15(23)13(14)10-22)12-8-11(9-20)4-7-16(12)25-18/h4,7-8,10,17,21,24H,5-6H2,1-3H3. The monoisotopic (exact) mass is 340 g/mol. The van der Waals surface area contributed by atoms with Gasteiger partial charge in [-0.1, -0.05) is 0 Å². The summed E-state index contributed by atoms with van der Waals surface area (Å²) in [6.45, 7) is 5.19. The zero-order valence-electron chi connectivity index (χ0n) is 14.4. The number of benzene rings is 1. The fourth-order valence-corrected chi connectivity index (χ4v) is 3.32. The number of rotatable bonds is 3. The molecule has 0 bridgehead atoms. The first-order chi connectivity index (χ1) is 11.7. The van der Waals surface area contributed by atoms with Crippen molar-refractivity contribution in [3.8, 4) is 11.8 Å². The van der Waals surface area contributed by atoms with Gasteiger partial charge >= 0.3 is 0 Å². The first kappa shape index (κ1) is 17.2. The molecule has 1 heterocycles. The van der Waals surface area contributed by atoms with Gasteiger partial charge in [0.05, 0.1) is 23.2 Å². The summed E-state index contributed by atoms with van der Waals surface area (Å²) < 4.78 is 5.95. The third-order valence-electron chi connectivity index (χ3n) is 5.26. The molecular weight excluding hydrogens is 320 g/mol. The van der Waals surface area contributed by atoms with Crippen molar-refractivity contribution in [1.82, 2.24) is 5.32 Å². The Balaban J connectivity index is 2.13. The summed E-state index contributed by atoms with van der Waals surface area (Å²) >= 11 is 0. The smallest absolute Gasteiger partial charge is 0.168 e. The number of hydrogen-bond donors (Lipinski definition) is 2. The molecule has 0 saturated heterocycles. The van der Waals surface area contributed by atoms with Crippen molar-refractivity contribution in [2.24, 2.45) is 0 Å². The van der Waals surface area contributed by atoms with Crippen LogP contribution in [0.4, 0.5) is 0 Å². The summed E-state index contributed by atoms with van der Waals surface area (Å²) in [6.07, 6.45) is 1.26. The Kier molecular flexibility index (Phi) is 3.92. The number of fused-ring (bicyclic) bond motifs is 1. The second kappa shape index (κ2) is 5.71. The summed E-state index contributed by atoms with van der Waals surface area (Å²) in [5, 5.41) is 23.6. The van der Waals surface area contributed by atoms with E-state index in [2.05, 4.69) is 11.4 Å². The van der Waals surface area contributed by atoms with Gasteiger partial charge in [-0.05, 0) is 45.4 Å². The van der Waals surface area contributed by atoms with Crippen LogP contribution in [0.5, 0.6) is 5.75 Å². The maximum atomic E-state index is 11.8. The number of nitrogens with zero attached hydrogens (tertiary/aromatic N) is 1. The molecular formula is C19H20N2O4. The molecule has 1 aromatic carbocycles.